The van der Waals surface area contributed by atoms with Gasteiger partial charge in [-0.2, -0.15) is 0 Å². The van der Waals surface area contributed by atoms with Crippen molar-refractivity contribution in [2.45, 2.75) is 31.4 Å². The second kappa shape index (κ2) is 8.94. The van der Waals surface area contributed by atoms with E-state index in [1.165, 1.54) is 43.7 Å². The van der Waals surface area contributed by atoms with Crippen LogP contribution in [0.15, 0.2) is 109 Å². The van der Waals surface area contributed by atoms with Crippen molar-refractivity contribution >= 4 is 53.2 Å². The molecule has 0 spiro atoms. The topological polar surface area (TPSA) is 24.1 Å². The minimum absolute atomic E-state index is 0.200. The van der Waals surface area contributed by atoms with E-state index in [0.29, 0.717) is 5.54 Å². The molecule has 0 saturated heterocycles. The number of rotatable bonds is 6. The zero-order valence-electron chi connectivity index (χ0n) is 20.5. The van der Waals surface area contributed by atoms with Crippen LogP contribution in [-0.4, -0.2) is 15.1 Å². The predicted molar refractivity (Wildman–Crippen MR) is 157 cm³/mol. The van der Waals surface area contributed by atoms with E-state index >= 15 is 0 Å². The summed E-state index contributed by atoms with van der Waals surface area (Å²) in [7, 11) is -1.80. The van der Waals surface area contributed by atoms with Gasteiger partial charge in [-0.15, -0.1) is 0 Å². The fourth-order valence-electron chi connectivity index (χ4n) is 5.87. The van der Waals surface area contributed by atoms with Crippen molar-refractivity contribution in [1.82, 2.24) is 0 Å². The van der Waals surface area contributed by atoms with Crippen molar-refractivity contribution in [3.8, 4) is 0 Å². The van der Waals surface area contributed by atoms with Crippen LogP contribution in [0.3, 0.4) is 0 Å². The first kappa shape index (κ1) is 22.0. The second-order valence-corrected chi connectivity index (χ2v) is 15.3. The highest BCUT2D eigenvalue weighted by molar-refractivity contribution is 6.92. The Balaban J connectivity index is 1.37. The molecular weight excluding hydrogens is 439 g/mol. The van der Waals surface area contributed by atoms with Gasteiger partial charge in [0.2, 0.25) is 0 Å². The van der Waals surface area contributed by atoms with Gasteiger partial charge in [0.25, 0.3) is 0 Å². The zero-order chi connectivity index (χ0) is 23.8. The van der Waals surface area contributed by atoms with Gasteiger partial charge in [0.15, 0.2) is 0 Å². The van der Waals surface area contributed by atoms with E-state index in [4.69, 9.17) is 0 Å². The van der Waals surface area contributed by atoms with Crippen molar-refractivity contribution in [2.75, 3.05) is 10.5 Å². The molecule has 0 aromatic heterocycles. The van der Waals surface area contributed by atoms with Crippen LogP contribution in [0.4, 0.5) is 11.4 Å². The summed E-state index contributed by atoms with van der Waals surface area (Å²) in [6, 6.07) is 40.0. The first-order valence-electron chi connectivity index (χ1n) is 12.7. The number of nitrogens with one attached hydrogen (secondary N) is 2. The monoisotopic (exact) mass is 470 g/mol. The molecule has 1 atom stereocenters. The molecule has 4 heteroatoms. The highest BCUT2D eigenvalue weighted by Crippen LogP contribution is 2.38. The SMILES string of the molecule is C[Si](C)(c1ccccc1)C(CB1Nc2cccc3cccc(c23)N1)Cc1cccc2ccccc12. The molecule has 0 amide bonds. The fraction of sp³-hybridized carbons (Fsp3) is 0.161. The first-order valence-corrected chi connectivity index (χ1v) is 15.7. The third-order valence-electron chi connectivity index (χ3n) is 7.97. The van der Waals surface area contributed by atoms with Crippen LogP contribution < -0.4 is 15.6 Å². The van der Waals surface area contributed by atoms with E-state index in [2.05, 4.69) is 133 Å². The van der Waals surface area contributed by atoms with Crippen LogP contribution in [0, 0.1) is 0 Å². The highest BCUT2D eigenvalue weighted by Gasteiger charge is 2.38. The summed E-state index contributed by atoms with van der Waals surface area (Å²) in [5, 5.41) is 14.5. The van der Waals surface area contributed by atoms with Gasteiger partial charge < -0.3 is 10.5 Å². The summed E-state index contributed by atoms with van der Waals surface area (Å²) < 4.78 is 0. The average molecular weight is 471 g/mol. The van der Waals surface area contributed by atoms with Crippen LogP contribution in [0.5, 0.6) is 0 Å². The molecule has 0 aliphatic carbocycles. The van der Waals surface area contributed by atoms with E-state index in [0.717, 1.165) is 12.7 Å². The largest absolute Gasteiger partial charge is 0.409 e. The van der Waals surface area contributed by atoms with Gasteiger partial charge in [0.05, 0.1) is 8.07 Å². The Labute approximate surface area is 209 Å². The van der Waals surface area contributed by atoms with Crippen LogP contribution in [0.25, 0.3) is 21.5 Å². The Morgan fingerprint density at radius 2 is 1.26 bits per heavy atom. The lowest BCUT2D eigenvalue weighted by molar-refractivity contribution is 0.874. The van der Waals surface area contributed by atoms with Gasteiger partial charge in [0, 0.05) is 16.8 Å². The molecule has 5 aromatic carbocycles. The van der Waals surface area contributed by atoms with Crippen LogP contribution >= 0.6 is 0 Å². The van der Waals surface area contributed by atoms with Crippen molar-refractivity contribution in [1.29, 1.82) is 0 Å². The minimum atomic E-state index is -1.80. The molecule has 6 rings (SSSR count). The van der Waals surface area contributed by atoms with Gasteiger partial charge in [-0.25, -0.2) is 0 Å². The highest BCUT2D eigenvalue weighted by atomic mass is 28.3. The molecule has 1 heterocycles. The quantitative estimate of drug-likeness (QED) is 0.251. The molecule has 0 saturated carbocycles. The summed E-state index contributed by atoms with van der Waals surface area (Å²) in [6.07, 6.45) is 2.16. The first-order chi connectivity index (χ1) is 17.1. The molecule has 2 nitrogen and oxygen atoms in total. The zero-order valence-corrected chi connectivity index (χ0v) is 21.5. The van der Waals surface area contributed by atoms with E-state index < -0.39 is 8.07 Å². The van der Waals surface area contributed by atoms with Crippen molar-refractivity contribution in [3.63, 3.8) is 0 Å². The smallest absolute Gasteiger partial charge is 0.370 e. The van der Waals surface area contributed by atoms with E-state index in [9.17, 15) is 0 Å². The lowest BCUT2D eigenvalue weighted by atomic mass is 9.68. The molecule has 0 bridgehead atoms. The third kappa shape index (κ3) is 4.13. The van der Waals surface area contributed by atoms with Gasteiger partial charge in [-0.3, -0.25) is 0 Å². The standard InChI is InChI=1S/C31H31BN2Si/c1-35(2,26-16-4-3-5-17-26)27(21-25-15-8-12-23-11-6-7-18-28(23)25)22-32-33-29-19-9-13-24-14-10-20-30(34-32)31(24)29/h3-20,27,33-34H,21-22H2,1-2H3. The minimum Gasteiger partial charge on any atom is -0.409 e. The lowest BCUT2D eigenvalue weighted by Crippen LogP contribution is -2.50. The van der Waals surface area contributed by atoms with Gasteiger partial charge in [-0.1, -0.05) is 115 Å². The molecule has 0 fully saturated rings. The van der Waals surface area contributed by atoms with Gasteiger partial charge >= 0.3 is 6.98 Å². The average Bonchev–Trinajstić information content (AvgIpc) is 2.89. The van der Waals surface area contributed by atoms with Crippen molar-refractivity contribution in [2.24, 2.45) is 0 Å². The Morgan fingerprint density at radius 1 is 0.657 bits per heavy atom. The summed E-state index contributed by atoms with van der Waals surface area (Å²) in [5.41, 5.74) is 4.50. The number of hydrogen-bond acceptors (Lipinski definition) is 2. The predicted octanol–water partition coefficient (Wildman–Crippen LogP) is 7.55. The van der Waals surface area contributed by atoms with Crippen LogP contribution in [0.2, 0.25) is 25.0 Å². The molecule has 1 unspecified atom stereocenters. The van der Waals surface area contributed by atoms with Crippen molar-refractivity contribution in [3.05, 3.63) is 115 Å². The molecule has 0 radical (unpaired) electrons. The van der Waals surface area contributed by atoms with Crippen LogP contribution in [-0.2, 0) is 6.42 Å². The Morgan fingerprint density at radius 3 is 2.00 bits per heavy atom. The maximum absolute atomic E-state index is 3.85. The Kier molecular flexibility index (Phi) is 5.62. The maximum Gasteiger partial charge on any atom is 0.370 e. The number of anilines is 2. The summed E-state index contributed by atoms with van der Waals surface area (Å²) in [4.78, 5) is 0. The van der Waals surface area contributed by atoms with E-state index in [1.54, 1.807) is 0 Å². The van der Waals surface area contributed by atoms with E-state index in [1.807, 2.05) is 0 Å². The normalized spacial score (nSPS) is 13.9. The molecule has 172 valence electrons. The molecular formula is C31H31BN2Si. The van der Waals surface area contributed by atoms with Gasteiger partial charge in [-0.05, 0) is 52.1 Å². The summed E-state index contributed by atoms with van der Waals surface area (Å²) in [6.45, 7) is 5.30. The Hall–Kier alpha value is -3.50. The fourth-order valence-corrected chi connectivity index (χ4v) is 8.95. The summed E-state index contributed by atoms with van der Waals surface area (Å²) in [5.74, 6) is 0. The molecule has 2 N–H and O–H groups in total. The number of benzene rings is 5. The third-order valence-corrected chi connectivity index (χ3v) is 12.3. The van der Waals surface area contributed by atoms with Crippen LogP contribution in [0.1, 0.15) is 5.56 Å². The number of hydrogen-bond donors (Lipinski definition) is 2. The molecule has 35 heavy (non-hydrogen) atoms. The molecule has 5 aromatic rings. The number of fused-ring (bicyclic) bond motifs is 1. The maximum atomic E-state index is 3.85. The second-order valence-electron chi connectivity index (χ2n) is 10.4. The lowest BCUT2D eigenvalue weighted by Gasteiger charge is -2.37. The Bertz CT molecular complexity index is 1450. The summed E-state index contributed by atoms with van der Waals surface area (Å²) >= 11 is 0. The van der Waals surface area contributed by atoms with Crippen molar-refractivity contribution < 1.29 is 0 Å². The molecule has 1 aliphatic rings. The molecule has 1 aliphatic heterocycles. The van der Waals surface area contributed by atoms with Gasteiger partial charge in [0.1, 0.15) is 0 Å². The van der Waals surface area contributed by atoms with E-state index in [-0.39, 0.29) is 6.98 Å².